The van der Waals surface area contributed by atoms with E-state index in [9.17, 15) is 5.11 Å². The highest BCUT2D eigenvalue weighted by molar-refractivity contribution is 5.13. The number of rotatable bonds is 5. The molecule has 3 N–H and O–H groups in total. The van der Waals surface area contributed by atoms with Crippen LogP contribution in [0.3, 0.4) is 0 Å². The minimum absolute atomic E-state index is 0.0439. The Kier molecular flexibility index (Phi) is 4.52. The fourth-order valence-electron chi connectivity index (χ4n) is 3.46. The van der Waals surface area contributed by atoms with E-state index in [0.717, 1.165) is 5.56 Å². The molecule has 1 heterocycles. The number of nitrogens with two attached hydrogens (primary N) is 1. The van der Waals surface area contributed by atoms with Gasteiger partial charge in [0.05, 0.1) is 24.9 Å². The van der Waals surface area contributed by atoms with Gasteiger partial charge in [0, 0.05) is 12.5 Å². The highest BCUT2D eigenvalue weighted by Crippen LogP contribution is 2.44. The maximum absolute atomic E-state index is 10.2. The second kappa shape index (κ2) is 6.26. The molecule has 3 rings (SSSR count). The average molecular weight is 307 g/mol. The summed E-state index contributed by atoms with van der Waals surface area (Å²) in [4.78, 5) is 0. The van der Waals surface area contributed by atoms with Crippen molar-refractivity contribution in [2.75, 3.05) is 6.54 Å². The van der Waals surface area contributed by atoms with Gasteiger partial charge < -0.3 is 25.1 Å². The average Bonchev–Trinajstić information content (AvgIpc) is 2.99. The summed E-state index contributed by atoms with van der Waals surface area (Å²) in [5, 5.41) is 10.2. The van der Waals surface area contributed by atoms with Gasteiger partial charge in [-0.05, 0) is 25.8 Å². The summed E-state index contributed by atoms with van der Waals surface area (Å²) in [6, 6.07) is 10.0. The van der Waals surface area contributed by atoms with Crippen molar-refractivity contribution in [3.05, 3.63) is 35.9 Å². The monoisotopic (exact) mass is 307 g/mol. The number of ether oxygens (including phenoxy) is 3. The summed E-state index contributed by atoms with van der Waals surface area (Å²) in [7, 11) is 0. The second-order valence-corrected chi connectivity index (χ2v) is 6.60. The molecule has 5 nitrogen and oxygen atoms in total. The van der Waals surface area contributed by atoms with E-state index in [1.165, 1.54) is 0 Å². The minimum Gasteiger partial charge on any atom is -0.391 e. The van der Waals surface area contributed by atoms with Gasteiger partial charge in [-0.2, -0.15) is 0 Å². The summed E-state index contributed by atoms with van der Waals surface area (Å²) < 4.78 is 18.0. The third-order valence-electron chi connectivity index (χ3n) is 4.50. The topological polar surface area (TPSA) is 73.9 Å². The van der Waals surface area contributed by atoms with Crippen LogP contribution in [-0.4, -0.2) is 41.9 Å². The Morgan fingerprint density at radius 2 is 1.95 bits per heavy atom. The molecule has 1 unspecified atom stereocenters. The Labute approximate surface area is 131 Å². The fraction of sp³-hybridized carbons (Fsp3) is 0.647. The van der Waals surface area contributed by atoms with Crippen LogP contribution < -0.4 is 5.73 Å². The zero-order valence-corrected chi connectivity index (χ0v) is 13.1. The number of fused-ring (bicyclic) bond motifs is 1. The molecule has 1 aromatic carbocycles. The van der Waals surface area contributed by atoms with E-state index in [4.69, 9.17) is 19.9 Å². The summed E-state index contributed by atoms with van der Waals surface area (Å²) >= 11 is 0. The van der Waals surface area contributed by atoms with Crippen molar-refractivity contribution in [2.45, 2.75) is 57.1 Å². The third-order valence-corrected chi connectivity index (χ3v) is 4.50. The molecule has 1 saturated heterocycles. The van der Waals surface area contributed by atoms with Crippen LogP contribution in [-0.2, 0) is 20.8 Å². The van der Waals surface area contributed by atoms with Gasteiger partial charge in [0.2, 0.25) is 0 Å². The SMILES string of the molecule is CC1(C)O[C@@H]2[C@H](O1)[C@@H](OCc1ccccc1)C[C@H]2C(O)CN. The molecule has 1 aromatic rings. The molecule has 5 heteroatoms. The van der Waals surface area contributed by atoms with E-state index in [0.29, 0.717) is 13.0 Å². The van der Waals surface area contributed by atoms with E-state index >= 15 is 0 Å². The molecular formula is C17H25NO4. The summed E-state index contributed by atoms with van der Waals surface area (Å²) in [5.41, 5.74) is 6.75. The second-order valence-electron chi connectivity index (χ2n) is 6.60. The first-order valence-corrected chi connectivity index (χ1v) is 7.89. The van der Waals surface area contributed by atoms with Gasteiger partial charge in [-0.15, -0.1) is 0 Å². The maximum atomic E-state index is 10.2. The van der Waals surface area contributed by atoms with E-state index in [1.54, 1.807) is 0 Å². The molecule has 0 spiro atoms. The van der Waals surface area contributed by atoms with Crippen LogP contribution in [0.2, 0.25) is 0 Å². The summed E-state index contributed by atoms with van der Waals surface area (Å²) in [6.45, 7) is 4.55. The first-order valence-electron chi connectivity index (χ1n) is 7.89. The van der Waals surface area contributed by atoms with E-state index < -0.39 is 11.9 Å². The smallest absolute Gasteiger partial charge is 0.163 e. The maximum Gasteiger partial charge on any atom is 0.163 e. The number of hydrogen-bond acceptors (Lipinski definition) is 5. The molecule has 1 saturated carbocycles. The molecule has 2 fully saturated rings. The van der Waals surface area contributed by atoms with Crippen LogP contribution in [0.5, 0.6) is 0 Å². The van der Waals surface area contributed by atoms with Crippen LogP contribution in [0, 0.1) is 5.92 Å². The predicted molar refractivity (Wildman–Crippen MR) is 82.0 cm³/mol. The van der Waals surface area contributed by atoms with Crippen molar-refractivity contribution >= 4 is 0 Å². The van der Waals surface area contributed by atoms with E-state index in [2.05, 4.69) is 0 Å². The quantitative estimate of drug-likeness (QED) is 0.861. The number of aliphatic hydroxyl groups excluding tert-OH is 1. The number of hydrogen-bond donors (Lipinski definition) is 2. The third kappa shape index (κ3) is 3.19. The standard InChI is InChI=1S/C17H25NO4/c1-17(2)21-15-12(13(19)9-18)8-14(16(15)22-17)20-10-11-6-4-3-5-7-11/h3-7,12-16,19H,8-10,18H2,1-2H3/t12-,13?,14-,15-,16+/m0/s1. The molecule has 0 aromatic heterocycles. The van der Waals surface area contributed by atoms with Gasteiger partial charge in [0.1, 0.15) is 6.10 Å². The zero-order valence-electron chi connectivity index (χ0n) is 13.1. The van der Waals surface area contributed by atoms with Gasteiger partial charge >= 0.3 is 0 Å². The fourth-order valence-corrected chi connectivity index (χ4v) is 3.46. The van der Waals surface area contributed by atoms with Gasteiger partial charge in [0.15, 0.2) is 5.79 Å². The van der Waals surface area contributed by atoms with Crippen molar-refractivity contribution in [1.82, 2.24) is 0 Å². The van der Waals surface area contributed by atoms with Crippen molar-refractivity contribution in [1.29, 1.82) is 0 Å². The van der Waals surface area contributed by atoms with Crippen molar-refractivity contribution in [2.24, 2.45) is 11.7 Å². The molecule has 5 atom stereocenters. The molecule has 0 radical (unpaired) electrons. The molecule has 122 valence electrons. The Morgan fingerprint density at radius 3 is 2.64 bits per heavy atom. The Morgan fingerprint density at radius 1 is 1.27 bits per heavy atom. The lowest BCUT2D eigenvalue weighted by Crippen LogP contribution is -2.37. The van der Waals surface area contributed by atoms with Crippen molar-refractivity contribution < 1.29 is 19.3 Å². The highest BCUT2D eigenvalue weighted by Gasteiger charge is 2.55. The minimum atomic E-state index is -0.642. The highest BCUT2D eigenvalue weighted by atomic mass is 16.8. The molecule has 0 amide bonds. The van der Waals surface area contributed by atoms with E-state index in [-0.39, 0.29) is 30.8 Å². The van der Waals surface area contributed by atoms with Crippen LogP contribution >= 0.6 is 0 Å². The van der Waals surface area contributed by atoms with Gasteiger partial charge in [-0.25, -0.2) is 0 Å². The first-order chi connectivity index (χ1) is 10.5. The lowest BCUT2D eigenvalue weighted by atomic mass is 9.98. The van der Waals surface area contributed by atoms with Gasteiger partial charge in [0.25, 0.3) is 0 Å². The lowest BCUT2D eigenvalue weighted by Gasteiger charge is -2.25. The van der Waals surface area contributed by atoms with Crippen LogP contribution in [0.1, 0.15) is 25.8 Å². The van der Waals surface area contributed by atoms with Crippen LogP contribution in [0.4, 0.5) is 0 Å². The van der Waals surface area contributed by atoms with Crippen LogP contribution in [0.25, 0.3) is 0 Å². The summed E-state index contributed by atoms with van der Waals surface area (Å²) in [6.07, 6.45) is -0.274. The normalized spacial score (nSPS) is 34.5. The molecular weight excluding hydrogens is 282 g/mol. The largest absolute Gasteiger partial charge is 0.391 e. The molecule has 1 aliphatic heterocycles. The van der Waals surface area contributed by atoms with Crippen molar-refractivity contribution in [3.63, 3.8) is 0 Å². The van der Waals surface area contributed by atoms with E-state index in [1.807, 2.05) is 44.2 Å². The van der Waals surface area contributed by atoms with Gasteiger partial charge in [-0.1, -0.05) is 30.3 Å². The molecule has 2 aliphatic rings. The summed E-state index contributed by atoms with van der Waals surface area (Å²) in [5.74, 6) is -0.686. The zero-order chi connectivity index (χ0) is 15.7. The molecule has 22 heavy (non-hydrogen) atoms. The van der Waals surface area contributed by atoms with Gasteiger partial charge in [-0.3, -0.25) is 0 Å². The Hall–Kier alpha value is -0.980. The molecule has 0 bridgehead atoms. The molecule has 1 aliphatic carbocycles. The Bertz CT molecular complexity index is 493. The number of benzene rings is 1. The first kappa shape index (κ1) is 15.9. The predicted octanol–water partition coefficient (Wildman–Crippen LogP) is 1.43. The van der Waals surface area contributed by atoms with Crippen LogP contribution in [0.15, 0.2) is 30.3 Å². The Balaban J connectivity index is 1.69. The lowest BCUT2D eigenvalue weighted by molar-refractivity contribution is -0.175. The number of aliphatic hydroxyl groups is 1. The van der Waals surface area contributed by atoms with Crippen molar-refractivity contribution in [3.8, 4) is 0 Å².